The highest BCUT2D eigenvalue weighted by Gasteiger charge is 2.24. The molecule has 0 saturated heterocycles. The molecule has 2 rings (SSSR count). The predicted octanol–water partition coefficient (Wildman–Crippen LogP) is 3.47. The molecule has 0 spiro atoms. The molecule has 0 aliphatic carbocycles. The number of carbonyl (C=O) groups is 2. The lowest BCUT2D eigenvalue weighted by Crippen LogP contribution is -2.49. The number of amides is 2. The summed E-state index contributed by atoms with van der Waals surface area (Å²) < 4.78 is 0. The van der Waals surface area contributed by atoms with Gasteiger partial charge in [-0.15, -0.1) is 11.3 Å². The molecule has 0 aliphatic heterocycles. The van der Waals surface area contributed by atoms with E-state index in [-0.39, 0.29) is 17.7 Å². The van der Waals surface area contributed by atoms with Crippen LogP contribution >= 0.6 is 22.9 Å². The van der Waals surface area contributed by atoms with Gasteiger partial charge in [0.25, 0.3) is 5.91 Å². The first-order chi connectivity index (χ1) is 11.0. The van der Waals surface area contributed by atoms with Crippen molar-refractivity contribution in [3.8, 4) is 0 Å². The van der Waals surface area contributed by atoms with Crippen molar-refractivity contribution in [2.75, 3.05) is 0 Å². The molecule has 0 bridgehead atoms. The summed E-state index contributed by atoms with van der Waals surface area (Å²) in [5.41, 5.74) is 0.478. The van der Waals surface area contributed by atoms with Gasteiger partial charge in [0.2, 0.25) is 5.91 Å². The van der Waals surface area contributed by atoms with Gasteiger partial charge < -0.3 is 10.6 Å². The van der Waals surface area contributed by atoms with E-state index in [2.05, 4.69) is 10.6 Å². The zero-order valence-electron chi connectivity index (χ0n) is 13.0. The van der Waals surface area contributed by atoms with Crippen LogP contribution in [0.15, 0.2) is 41.8 Å². The molecule has 1 heterocycles. The van der Waals surface area contributed by atoms with Crippen LogP contribution in [0.2, 0.25) is 5.02 Å². The fourth-order valence-corrected chi connectivity index (χ4v) is 2.83. The van der Waals surface area contributed by atoms with Crippen molar-refractivity contribution in [2.24, 2.45) is 5.92 Å². The second-order valence-corrected chi connectivity index (χ2v) is 6.97. The molecule has 2 amide bonds. The van der Waals surface area contributed by atoms with Crippen LogP contribution in [0.1, 0.15) is 29.1 Å². The molecule has 0 aliphatic rings. The van der Waals surface area contributed by atoms with Gasteiger partial charge in [0.1, 0.15) is 6.04 Å². The molecular formula is C17H19ClN2O2S. The maximum absolute atomic E-state index is 12.4. The van der Waals surface area contributed by atoms with E-state index in [1.165, 1.54) is 0 Å². The van der Waals surface area contributed by atoms with Crippen LogP contribution in [-0.4, -0.2) is 17.9 Å². The summed E-state index contributed by atoms with van der Waals surface area (Å²) >= 11 is 7.40. The Kier molecular flexibility index (Phi) is 6.19. The highest BCUT2D eigenvalue weighted by atomic mass is 35.5. The maximum atomic E-state index is 12.4. The lowest BCUT2D eigenvalue weighted by Gasteiger charge is -2.21. The second-order valence-electron chi connectivity index (χ2n) is 5.50. The number of thiophene rings is 1. The van der Waals surface area contributed by atoms with Gasteiger partial charge in [0.15, 0.2) is 0 Å². The largest absolute Gasteiger partial charge is 0.349 e. The molecule has 1 aromatic carbocycles. The number of hydrogen-bond acceptors (Lipinski definition) is 3. The van der Waals surface area contributed by atoms with E-state index >= 15 is 0 Å². The van der Waals surface area contributed by atoms with E-state index in [0.717, 1.165) is 4.88 Å². The molecule has 6 heteroatoms. The minimum atomic E-state index is -0.585. The number of hydrogen-bond donors (Lipinski definition) is 2. The topological polar surface area (TPSA) is 58.2 Å². The first-order valence-electron chi connectivity index (χ1n) is 7.34. The van der Waals surface area contributed by atoms with Gasteiger partial charge in [0.05, 0.1) is 6.54 Å². The van der Waals surface area contributed by atoms with Crippen LogP contribution in [0.4, 0.5) is 0 Å². The first-order valence-corrected chi connectivity index (χ1v) is 8.59. The highest BCUT2D eigenvalue weighted by molar-refractivity contribution is 7.09. The molecule has 0 saturated carbocycles. The Morgan fingerprint density at radius 3 is 2.43 bits per heavy atom. The van der Waals surface area contributed by atoms with E-state index in [0.29, 0.717) is 17.1 Å². The molecule has 4 nitrogen and oxygen atoms in total. The van der Waals surface area contributed by atoms with Crippen molar-refractivity contribution in [1.29, 1.82) is 0 Å². The Balaban J connectivity index is 1.98. The number of carbonyl (C=O) groups excluding carboxylic acids is 2. The van der Waals surface area contributed by atoms with Gasteiger partial charge in [-0.3, -0.25) is 9.59 Å². The van der Waals surface area contributed by atoms with Crippen LogP contribution in [-0.2, 0) is 11.3 Å². The predicted molar refractivity (Wildman–Crippen MR) is 93.7 cm³/mol. The van der Waals surface area contributed by atoms with Gasteiger partial charge in [0, 0.05) is 15.5 Å². The lowest BCUT2D eigenvalue weighted by molar-refractivity contribution is -0.124. The number of rotatable bonds is 6. The Morgan fingerprint density at radius 1 is 1.17 bits per heavy atom. The Labute approximate surface area is 144 Å². The molecule has 0 radical (unpaired) electrons. The van der Waals surface area contributed by atoms with Crippen LogP contribution in [0.3, 0.4) is 0 Å². The van der Waals surface area contributed by atoms with Crippen molar-refractivity contribution in [3.63, 3.8) is 0 Å². The lowest BCUT2D eigenvalue weighted by atomic mass is 10.0. The molecular weight excluding hydrogens is 332 g/mol. The van der Waals surface area contributed by atoms with Crippen molar-refractivity contribution in [2.45, 2.75) is 26.4 Å². The summed E-state index contributed by atoms with van der Waals surface area (Å²) in [6, 6.07) is 9.89. The summed E-state index contributed by atoms with van der Waals surface area (Å²) in [5, 5.41) is 8.19. The molecule has 2 aromatic rings. The summed E-state index contributed by atoms with van der Waals surface area (Å²) in [6.07, 6.45) is 0. The average Bonchev–Trinajstić information content (AvgIpc) is 3.03. The highest BCUT2D eigenvalue weighted by Crippen LogP contribution is 2.11. The third-order valence-corrected chi connectivity index (χ3v) is 4.49. The molecule has 1 atom stereocenters. The third-order valence-electron chi connectivity index (χ3n) is 3.36. The van der Waals surface area contributed by atoms with Crippen LogP contribution in [0, 0.1) is 5.92 Å². The summed E-state index contributed by atoms with van der Waals surface area (Å²) in [7, 11) is 0. The fourth-order valence-electron chi connectivity index (χ4n) is 2.06. The quantitative estimate of drug-likeness (QED) is 0.838. The number of benzene rings is 1. The van der Waals surface area contributed by atoms with Gasteiger partial charge in [-0.25, -0.2) is 0 Å². The molecule has 122 valence electrons. The molecule has 1 unspecified atom stereocenters. The van der Waals surface area contributed by atoms with Crippen LogP contribution < -0.4 is 10.6 Å². The maximum Gasteiger partial charge on any atom is 0.251 e. The monoisotopic (exact) mass is 350 g/mol. The SMILES string of the molecule is CC(C)C(NC(=O)c1ccc(Cl)cc1)C(=O)NCc1cccs1. The average molecular weight is 351 g/mol. The van der Waals surface area contributed by atoms with E-state index in [4.69, 9.17) is 11.6 Å². The Hall–Kier alpha value is -1.85. The number of nitrogens with one attached hydrogen (secondary N) is 2. The standard InChI is InChI=1S/C17H19ClN2O2S/c1-11(2)15(17(22)19-10-14-4-3-9-23-14)20-16(21)12-5-7-13(18)8-6-12/h3-9,11,15H,10H2,1-2H3,(H,19,22)(H,20,21). The van der Waals surface area contributed by atoms with Crippen molar-refractivity contribution in [1.82, 2.24) is 10.6 Å². The Bertz CT molecular complexity index is 654. The summed E-state index contributed by atoms with van der Waals surface area (Å²) in [6.45, 7) is 4.27. The third kappa shape index (κ3) is 5.08. The first kappa shape index (κ1) is 17.5. The summed E-state index contributed by atoms with van der Waals surface area (Å²) in [5.74, 6) is -0.489. The van der Waals surface area contributed by atoms with E-state index < -0.39 is 6.04 Å². The zero-order chi connectivity index (χ0) is 16.8. The smallest absolute Gasteiger partial charge is 0.251 e. The molecule has 0 fully saturated rings. The second kappa shape index (κ2) is 8.13. The molecule has 2 N–H and O–H groups in total. The molecule has 23 heavy (non-hydrogen) atoms. The van der Waals surface area contributed by atoms with Crippen molar-refractivity contribution < 1.29 is 9.59 Å². The normalized spacial score (nSPS) is 12.0. The van der Waals surface area contributed by atoms with E-state index in [1.807, 2.05) is 31.4 Å². The number of halogens is 1. The van der Waals surface area contributed by atoms with Crippen molar-refractivity contribution >= 4 is 34.8 Å². The summed E-state index contributed by atoms with van der Waals surface area (Å²) in [4.78, 5) is 25.7. The van der Waals surface area contributed by atoms with Gasteiger partial charge >= 0.3 is 0 Å². The Morgan fingerprint density at radius 2 is 1.87 bits per heavy atom. The molecule has 1 aromatic heterocycles. The van der Waals surface area contributed by atoms with Gasteiger partial charge in [-0.2, -0.15) is 0 Å². The van der Waals surface area contributed by atoms with Gasteiger partial charge in [-0.05, 0) is 41.6 Å². The van der Waals surface area contributed by atoms with Crippen LogP contribution in [0.25, 0.3) is 0 Å². The van der Waals surface area contributed by atoms with Crippen LogP contribution in [0.5, 0.6) is 0 Å². The van der Waals surface area contributed by atoms with Gasteiger partial charge in [-0.1, -0.05) is 31.5 Å². The van der Waals surface area contributed by atoms with Crippen molar-refractivity contribution in [3.05, 3.63) is 57.2 Å². The zero-order valence-corrected chi connectivity index (χ0v) is 14.6. The minimum absolute atomic E-state index is 0.0189. The fraction of sp³-hybridized carbons (Fsp3) is 0.294. The minimum Gasteiger partial charge on any atom is -0.349 e. The van der Waals surface area contributed by atoms with E-state index in [1.54, 1.807) is 35.6 Å². The van der Waals surface area contributed by atoms with E-state index in [9.17, 15) is 9.59 Å².